The summed E-state index contributed by atoms with van der Waals surface area (Å²) >= 11 is 0. The van der Waals surface area contributed by atoms with Gasteiger partial charge < -0.3 is 14.2 Å². The fourth-order valence-corrected chi connectivity index (χ4v) is 2.78. The zero-order valence-electron chi connectivity index (χ0n) is 16.5. The van der Waals surface area contributed by atoms with E-state index in [4.69, 9.17) is 14.2 Å². The van der Waals surface area contributed by atoms with E-state index in [1.807, 2.05) is 43.3 Å². The molecule has 0 spiro atoms. The molecule has 3 aromatic rings. The van der Waals surface area contributed by atoms with Gasteiger partial charge in [0.05, 0.1) is 31.2 Å². The van der Waals surface area contributed by atoms with E-state index < -0.39 is 5.97 Å². The molecule has 0 radical (unpaired) electrons. The number of rotatable bonds is 8. The third-order valence-corrected chi connectivity index (χ3v) is 4.18. The van der Waals surface area contributed by atoms with Crippen LogP contribution in [0.1, 0.15) is 33.3 Å². The molecule has 2 aromatic carbocycles. The normalized spacial score (nSPS) is 10.4. The molecule has 7 nitrogen and oxygen atoms in total. The average Bonchev–Trinajstić information content (AvgIpc) is 3.17. The lowest BCUT2D eigenvalue weighted by atomic mass is 10.1. The van der Waals surface area contributed by atoms with Gasteiger partial charge in [0.1, 0.15) is 5.75 Å². The van der Waals surface area contributed by atoms with Crippen LogP contribution >= 0.6 is 0 Å². The maximum absolute atomic E-state index is 12.7. The highest BCUT2D eigenvalue weighted by Crippen LogP contribution is 2.23. The number of ketones is 1. The molecule has 0 bridgehead atoms. The van der Waals surface area contributed by atoms with E-state index in [1.165, 1.54) is 11.8 Å². The van der Waals surface area contributed by atoms with Gasteiger partial charge in [-0.05, 0) is 38.1 Å². The Hall–Kier alpha value is -3.61. The Morgan fingerprint density at radius 2 is 1.83 bits per heavy atom. The van der Waals surface area contributed by atoms with Gasteiger partial charge in [0.25, 0.3) is 0 Å². The highest BCUT2D eigenvalue weighted by molar-refractivity contribution is 6.00. The third-order valence-electron chi connectivity index (χ3n) is 4.18. The zero-order valence-corrected chi connectivity index (χ0v) is 16.5. The first-order valence-corrected chi connectivity index (χ1v) is 9.16. The fourth-order valence-electron chi connectivity index (χ4n) is 2.78. The van der Waals surface area contributed by atoms with Crippen LogP contribution in [-0.2, 0) is 4.74 Å². The minimum atomic E-state index is -0.613. The Bertz CT molecular complexity index is 1010. The number of methoxy groups -OCH3 is 1. The van der Waals surface area contributed by atoms with Gasteiger partial charge >= 0.3 is 5.97 Å². The van der Waals surface area contributed by atoms with Crippen molar-refractivity contribution >= 4 is 11.8 Å². The number of carbonyl (C=O) groups is 2. The summed E-state index contributed by atoms with van der Waals surface area (Å²) in [5, 5.41) is 4.28. The number of aryl methyl sites for hydroxylation is 1. The van der Waals surface area contributed by atoms with E-state index in [9.17, 15) is 9.59 Å². The Morgan fingerprint density at radius 3 is 2.52 bits per heavy atom. The first-order chi connectivity index (χ1) is 14.0. The lowest BCUT2D eigenvalue weighted by Gasteiger charge is -2.09. The number of esters is 1. The van der Waals surface area contributed by atoms with Gasteiger partial charge in [0, 0.05) is 0 Å². The lowest BCUT2D eigenvalue weighted by molar-refractivity contribution is 0.0513. The summed E-state index contributed by atoms with van der Waals surface area (Å²) in [6, 6.07) is 14.6. The predicted octanol–water partition coefficient (Wildman–Crippen LogP) is 3.63. The van der Waals surface area contributed by atoms with Crippen LogP contribution in [0.4, 0.5) is 0 Å². The first kappa shape index (κ1) is 20.1. The number of nitrogens with zero attached hydrogens (tertiary/aromatic N) is 2. The van der Waals surface area contributed by atoms with Crippen molar-refractivity contribution in [3.05, 3.63) is 71.5 Å². The van der Waals surface area contributed by atoms with Crippen LogP contribution in [0.3, 0.4) is 0 Å². The van der Waals surface area contributed by atoms with E-state index >= 15 is 0 Å². The number of hydrogen-bond donors (Lipinski definition) is 0. The molecule has 0 N–H and O–H groups in total. The molecule has 0 fully saturated rings. The lowest BCUT2D eigenvalue weighted by Crippen LogP contribution is -2.15. The highest BCUT2D eigenvalue weighted by atomic mass is 16.5. The molecular weight excluding hydrogens is 372 g/mol. The Morgan fingerprint density at radius 1 is 1.07 bits per heavy atom. The van der Waals surface area contributed by atoms with Crippen molar-refractivity contribution in [1.82, 2.24) is 9.78 Å². The molecular formula is C22H22N2O5. The number of Topliss-reactive ketones (excluding diaryl/α,β-unsaturated/α-hetero) is 1. The number of benzene rings is 2. The summed E-state index contributed by atoms with van der Waals surface area (Å²) in [4.78, 5) is 25.0. The van der Waals surface area contributed by atoms with Crippen molar-refractivity contribution in [3.63, 3.8) is 0 Å². The monoisotopic (exact) mass is 394 g/mol. The van der Waals surface area contributed by atoms with Crippen LogP contribution in [0.2, 0.25) is 0 Å². The Balaban J connectivity index is 1.86. The number of aromatic nitrogens is 2. The molecule has 0 aliphatic carbocycles. The quantitative estimate of drug-likeness (QED) is 0.429. The zero-order chi connectivity index (χ0) is 20.8. The summed E-state index contributed by atoms with van der Waals surface area (Å²) in [6.45, 7) is 3.53. The van der Waals surface area contributed by atoms with Gasteiger partial charge in [-0.3, -0.25) is 4.79 Å². The van der Waals surface area contributed by atoms with Crippen molar-refractivity contribution in [3.8, 4) is 17.2 Å². The van der Waals surface area contributed by atoms with Gasteiger partial charge in [0.2, 0.25) is 11.5 Å². The van der Waals surface area contributed by atoms with Crippen molar-refractivity contribution < 1.29 is 23.8 Å². The van der Waals surface area contributed by atoms with Crippen molar-refractivity contribution in [2.24, 2.45) is 0 Å². The summed E-state index contributed by atoms with van der Waals surface area (Å²) < 4.78 is 17.5. The average molecular weight is 394 g/mol. The van der Waals surface area contributed by atoms with E-state index in [2.05, 4.69) is 5.10 Å². The van der Waals surface area contributed by atoms with E-state index in [0.29, 0.717) is 11.3 Å². The fraction of sp³-hybridized carbons (Fsp3) is 0.227. The van der Waals surface area contributed by atoms with Crippen LogP contribution in [-0.4, -0.2) is 41.9 Å². The second-order valence-corrected chi connectivity index (χ2v) is 6.26. The standard InChI is InChI=1S/C22H22N2O5/c1-4-28-22(26)21-20(13-24(23-21)16-8-6-5-7-9-16)29-14-18(25)17-12-15(2)10-11-19(17)27-3/h5-13H,4,14H2,1-3H3. The molecule has 29 heavy (non-hydrogen) atoms. The molecule has 0 atom stereocenters. The minimum absolute atomic E-state index is 0.0136. The van der Waals surface area contributed by atoms with Gasteiger partial charge in [0.15, 0.2) is 12.4 Å². The highest BCUT2D eigenvalue weighted by Gasteiger charge is 2.22. The van der Waals surface area contributed by atoms with Crippen molar-refractivity contribution in [1.29, 1.82) is 0 Å². The van der Waals surface area contributed by atoms with Crippen LogP contribution in [0.5, 0.6) is 11.5 Å². The summed E-state index contributed by atoms with van der Waals surface area (Å²) in [5.41, 5.74) is 2.11. The molecule has 0 saturated heterocycles. The molecule has 0 amide bonds. The first-order valence-electron chi connectivity index (χ1n) is 9.16. The molecule has 1 aromatic heterocycles. The molecule has 1 heterocycles. The van der Waals surface area contributed by atoms with E-state index in [1.54, 1.807) is 25.3 Å². The van der Waals surface area contributed by atoms with Gasteiger partial charge in [-0.1, -0.05) is 29.8 Å². The smallest absolute Gasteiger partial charge is 0.362 e. The number of carbonyl (C=O) groups excluding carboxylic acids is 2. The Kier molecular flexibility index (Phi) is 6.29. The third kappa shape index (κ3) is 4.63. The maximum atomic E-state index is 12.7. The van der Waals surface area contributed by atoms with E-state index in [-0.39, 0.29) is 30.4 Å². The second kappa shape index (κ2) is 9.05. The molecule has 150 valence electrons. The second-order valence-electron chi connectivity index (χ2n) is 6.26. The van der Waals surface area contributed by atoms with Gasteiger partial charge in [-0.25, -0.2) is 9.48 Å². The van der Waals surface area contributed by atoms with Gasteiger partial charge in [-0.2, -0.15) is 5.10 Å². The van der Waals surface area contributed by atoms with Crippen LogP contribution in [0.15, 0.2) is 54.7 Å². The molecule has 0 saturated carbocycles. The maximum Gasteiger partial charge on any atom is 0.362 e. The number of para-hydroxylation sites is 1. The SMILES string of the molecule is CCOC(=O)c1nn(-c2ccccc2)cc1OCC(=O)c1cc(C)ccc1OC. The predicted molar refractivity (Wildman–Crippen MR) is 107 cm³/mol. The van der Waals surface area contributed by atoms with Crippen LogP contribution in [0, 0.1) is 6.92 Å². The minimum Gasteiger partial charge on any atom is -0.496 e. The molecule has 7 heteroatoms. The molecule has 0 aliphatic heterocycles. The molecule has 0 unspecified atom stereocenters. The summed E-state index contributed by atoms with van der Waals surface area (Å²) in [5.74, 6) is -0.243. The molecule has 3 rings (SSSR count). The number of hydrogen-bond acceptors (Lipinski definition) is 6. The number of ether oxygens (including phenoxy) is 3. The Labute approximate surface area is 168 Å². The van der Waals surface area contributed by atoms with Crippen molar-refractivity contribution in [2.75, 3.05) is 20.3 Å². The largest absolute Gasteiger partial charge is 0.496 e. The summed E-state index contributed by atoms with van der Waals surface area (Å²) in [7, 11) is 1.51. The van der Waals surface area contributed by atoms with Crippen LogP contribution < -0.4 is 9.47 Å². The molecule has 0 aliphatic rings. The van der Waals surface area contributed by atoms with Crippen molar-refractivity contribution in [2.45, 2.75) is 13.8 Å². The van der Waals surface area contributed by atoms with Gasteiger partial charge in [-0.15, -0.1) is 0 Å². The summed E-state index contributed by atoms with van der Waals surface area (Å²) in [6.07, 6.45) is 1.56. The van der Waals surface area contributed by atoms with E-state index in [0.717, 1.165) is 11.3 Å². The topological polar surface area (TPSA) is 79.6 Å². The van der Waals surface area contributed by atoms with Crippen LogP contribution in [0.25, 0.3) is 5.69 Å².